The van der Waals surface area contributed by atoms with Crippen LogP contribution in [0.15, 0.2) is 0 Å². The molecule has 2 fully saturated rings. The number of urea groups is 1. The number of carbonyl (C=O) groups is 1. The van der Waals surface area contributed by atoms with Crippen molar-refractivity contribution in [3.8, 4) is 0 Å². The van der Waals surface area contributed by atoms with E-state index in [1.165, 1.54) is 0 Å². The molecule has 1 aromatic heterocycles. The van der Waals surface area contributed by atoms with Gasteiger partial charge in [-0.05, 0) is 18.1 Å². The van der Waals surface area contributed by atoms with Crippen LogP contribution in [0.3, 0.4) is 0 Å². The molecule has 0 spiro atoms. The lowest BCUT2D eigenvalue weighted by Crippen LogP contribution is -2.33. The van der Waals surface area contributed by atoms with Gasteiger partial charge in [-0.2, -0.15) is 5.21 Å². The predicted molar refractivity (Wildman–Crippen MR) is 46.6 cm³/mol. The molecule has 1 unspecified atom stereocenters. The minimum atomic E-state index is 0.00824. The highest BCUT2D eigenvalue weighted by Gasteiger charge is 2.42. The lowest BCUT2D eigenvalue weighted by atomic mass is 10.1. The number of aromatic nitrogens is 4. The van der Waals surface area contributed by atoms with E-state index in [0.29, 0.717) is 5.95 Å². The molecule has 7 nitrogen and oxygen atoms in total. The first-order valence-corrected chi connectivity index (χ1v) is 4.68. The molecule has 1 atom stereocenters. The first kappa shape index (κ1) is 7.72. The number of anilines is 1. The molecule has 0 aromatic carbocycles. The topological polar surface area (TPSA) is 78.0 Å². The van der Waals surface area contributed by atoms with Crippen LogP contribution in [0.25, 0.3) is 0 Å². The number of H-pyrrole nitrogens is 1. The average molecular weight is 194 g/mol. The van der Waals surface area contributed by atoms with Crippen molar-refractivity contribution in [3.05, 3.63) is 0 Å². The molecular formula is C7H10N6O. The number of tetrazole rings is 1. The van der Waals surface area contributed by atoms with Crippen LogP contribution >= 0.6 is 0 Å². The van der Waals surface area contributed by atoms with E-state index in [2.05, 4.69) is 20.6 Å². The second-order valence-corrected chi connectivity index (χ2v) is 3.61. The summed E-state index contributed by atoms with van der Waals surface area (Å²) in [5.41, 5.74) is 0. The summed E-state index contributed by atoms with van der Waals surface area (Å²) in [7, 11) is 0. The SMILES string of the molecule is O=C1N2CCCC(C2)N1c1nn[nH]n1. The fourth-order valence-electron chi connectivity index (χ4n) is 2.16. The first-order chi connectivity index (χ1) is 6.86. The van der Waals surface area contributed by atoms with Crippen molar-refractivity contribution in [3.63, 3.8) is 0 Å². The molecule has 3 heterocycles. The molecule has 2 amide bonds. The van der Waals surface area contributed by atoms with Gasteiger partial charge in [0.15, 0.2) is 0 Å². The van der Waals surface area contributed by atoms with Crippen molar-refractivity contribution in [1.82, 2.24) is 25.5 Å². The van der Waals surface area contributed by atoms with Gasteiger partial charge in [-0.15, -0.1) is 5.10 Å². The number of rotatable bonds is 1. The summed E-state index contributed by atoms with van der Waals surface area (Å²) < 4.78 is 0. The van der Waals surface area contributed by atoms with Crippen LogP contribution in [0, 0.1) is 0 Å². The van der Waals surface area contributed by atoms with E-state index in [4.69, 9.17) is 0 Å². The van der Waals surface area contributed by atoms with Gasteiger partial charge in [0, 0.05) is 13.1 Å². The summed E-state index contributed by atoms with van der Waals surface area (Å²) in [4.78, 5) is 15.3. The van der Waals surface area contributed by atoms with Crippen molar-refractivity contribution in [1.29, 1.82) is 0 Å². The van der Waals surface area contributed by atoms with Crippen LogP contribution in [0.5, 0.6) is 0 Å². The Morgan fingerprint density at radius 1 is 1.50 bits per heavy atom. The maximum atomic E-state index is 11.8. The fraction of sp³-hybridized carbons (Fsp3) is 0.714. The molecule has 14 heavy (non-hydrogen) atoms. The monoisotopic (exact) mass is 194 g/mol. The zero-order chi connectivity index (χ0) is 9.54. The third kappa shape index (κ3) is 0.918. The number of nitrogens with zero attached hydrogens (tertiary/aromatic N) is 5. The number of amides is 2. The van der Waals surface area contributed by atoms with Gasteiger partial charge >= 0.3 is 6.03 Å². The summed E-state index contributed by atoms with van der Waals surface area (Å²) in [6.07, 6.45) is 2.08. The van der Waals surface area contributed by atoms with Gasteiger partial charge in [-0.3, -0.25) is 4.90 Å². The lowest BCUT2D eigenvalue weighted by Gasteiger charge is -2.20. The third-order valence-electron chi connectivity index (χ3n) is 2.79. The Morgan fingerprint density at radius 2 is 2.43 bits per heavy atom. The fourth-order valence-corrected chi connectivity index (χ4v) is 2.16. The van der Waals surface area contributed by atoms with E-state index >= 15 is 0 Å². The molecule has 74 valence electrons. The van der Waals surface area contributed by atoms with Crippen LogP contribution in [-0.4, -0.2) is 50.7 Å². The van der Waals surface area contributed by atoms with Crippen LogP contribution in [0.2, 0.25) is 0 Å². The third-order valence-corrected chi connectivity index (χ3v) is 2.79. The average Bonchev–Trinajstić information content (AvgIpc) is 2.77. The number of aromatic amines is 1. The molecule has 0 aliphatic carbocycles. The van der Waals surface area contributed by atoms with Gasteiger partial charge in [0.1, 0.15) is 0 Å². The summed E-state index contributed by atoms with van der Waals surface area (Å²) in [5.74, 6) is 0.393. The van der Waals surface area contributed by atoms with Gasteiger partial charge in [0.2, 0.25) is 0 Å². The van der Waals surface area contributed by atoms with Crippen molar-refractivity contribution in [2.24, 2.45) is 0 Å². The van der Waals surface area contributed by atoms with Crippen molar-refractivity contribution in [2.45, 2.75) is 18.9 Å². The van der Waals surface area contributed by atoms with Gasteiger partial charge in [-0.25, -0.2) is 4.79 Å². The number of piperidine rings is 1. The largest absolute Gasteiger partial charge is 0.327 e. The molecule has 3 rings (SSSR count). The van der Waals surface area contributed by atoms with E-state index in [9.17, 15) is 4.79 Å². The summed E-state index contributed by atoms with van der Waals surface area (Å²) in [6, 6.07) is 0.239. The highest BCUT2D eigenvalue weighted by molar-refractivity contribution is 5.93. The molecule has 1 N–H and O–H groups in total. The Kier molecular flexibility index (Phi) is 1.47. The minimum absolute atomic E-state index is 0.00824. The van der Waals surface area contributed by atoms with E-state index in [1.54, 1.807) is 4.90 Å². The summed E-state index contributed by atoms with van der Waals surface area (Å²) in [5, 5.41) is 13.5. The number of fused-ring (bicyclic) bond motifs is 2. The molecular weight excluding hydrogens is 184 g/mol. The highest BCUT2D eigenvalue weighted by Crippen LogP contribution is 2.27. The smallest absolute Gasteiger partial charge is 0.322 e. The Labute approximate surface area is 80.1 Å². The van der Waals surface area contributed by atoms with E-state index in [1.807, 2.05) is 4.90 Å². The molecule has 2 aliphatic rings. The Balaban J connectivity index is 1.96. The maximum Gasteiger partial charge on any atom is 0.327 e. The second kappa shape index (κ2) is 2.66. The number of carbonyl (C=O) groups excluding carboxylic acids is 1. The summed E-state index contributed by atoms with van der Waals surface area (Å²) >= 11 is 0. The van der Waals surface area contributed by atoms with Crippen molar-refractivity contribution >= 4 is 12.0 Å². The van der Waals surface area contributed by atoms with Crippen LogP contribution < -0.4 is 4.90 Å². The molecule has 2 saturated heterocycles. The van der Waals surface area contributed by atoms with Gasteiger partial charge < -0.3 is 4.90 Å². The Hall–Kier alpha value is -1.66. The molecule has 7 heteroatoms. The normalized spacial score (nSPS) is 26.0. The molecule has 2 aliphatic heterocycles. The lowest BCUT2D eigenvalue weighted by molar-refractivity contribution is 0.216. The Bertz CT molecular complexity index is 349. The summed E-state index contributed by atoms with van der Waals surface area (Å²) in [6.45, 7) is 1.65. The maximum absolute atomic E-state index is 11.8. The number of hydrogen-bond donors (Lipinski definition) is 1. The first-order valence-electron chi connectivity index (χ1n) is 4.68. The quantitative estimate of drug-likeness (QED) is 0.660. The number of nitrogens with one attached hydrogen (secondary N) is 1. The molecule has 0 radical (unpaired) electrons. The van der Waals surface area contributed by atoms with Crippen molar-refractivity contribution < 1.29 is 4.79 Å². The predicted octanol–water partition coefficient (Wildman–Crippen LogP) is -0.396. The minimum Gasteiger partial charge on any atom is -0.322 e. The Morgan fingerprint density at radius 3 is 3.14 bits per heavy atom. The molecule has 0 saturated carbocycles. The highest BCUT2D eigenvalue weighted by atomic mass is 16.2. The van der Waals surface area contributed by atoms with E-state index in [-0.39, 0.29) is 12.1 Å². The number of hydrogen-bond acceptors (Lipinski definition) is 4. The zero-order valence-electron chi connectivity index (χ0n) is 7.55. The molecule has 2 bridgehead atoms. The molecule has 1 aromatic rings. The zero-order valence-corrected chi connectivity index (χ0v) is 7.55. The van der Waals surface area contributed by atoms with Gasteiger partial charge in [0.25, 0.3) is 5.95 Å². The van der Waals surface area contributed by atoms with Gasteiger partial charge in [0.05, 0.1) is 6.04 Å². The van der Waals surface area contributed by atoms with Crippen molar-refractivity contribution in [2.75, 3.05) is 18.0 Å². The van der Waals surface area contributed by atoms with E-state index < -0.39 is 0 Å². The van der Waals surface area contributed by atoms with Crippen LogP contribution in [0.1, 0.15) is 12.8 Å². The van der Waals surface area contributed by atoms with Crippen LogP contribution in [-0.2, 0) is 0 Å². The standard InChI is InChI=1S/C7H10N6O/c14-7-12-3-1-2-5(4-12)13(7)6-8-10-11-9-6/h5H,1-4H2,(H,8,9,10,11). The van der Waals surface area contributed by atoms with Gasteiger partial charge in [-0.1, -0.05) is 5.10 Å². The van der Waals surface area contributed by atoms with Crippen LogP contribution in [0.4, 0.5) is 10.7 Å². The van der Waals surface area contributed by atoms with E-state index in [0.717, 1.165) is 25.9 Å². The second-order valence-electron chi connectivity index (χ2n) is 3.61.